The quantitative estimate of drug-likeness (QED) is 0.408. The van der Waals surface area contributed by atoms with Crippen LogP contribution in [0.5, 0.6) is 5.75 Å². The maximum Gasteiger partial charge on any atom is 0.242 e. The largest absolute Gasteiger partial charge is 0.455 e. The van der Waals surface area contributed by atoms with E-state index in [0.717, 1.165) is 30.7 Å². The van der Waals surface area contributed by atoms with Crippen molar-refractivity contribution in [2.75, 3.05) is 36.5 Å². The van der Waals surface area contributed by atoms with Crippen LogP contribution in [0, 0.1) is 0 Å². The highest BCUT2D eigenvalue weighted by atomic mass is 32.2. The second kappa shape index (κ2) is 8.92. The summed E-state index contributed by atoms with van der Waals surface area (Å²) < 4.78 is 34.4. The van der Waals surface area contributed by atoms with Gasteiger partial charge in [-0.05, 0) is 30.7 Å². The Balaban J connectivity index is 1.95. The molecule has 1 saturated heterocycles. The molecule has 1 atom stereocenters. The molecule has 1 fully saturated rings. The molecule has 2 rings (SSSR count). The number of nitrogens with zero attached hydrogens (tertiary/aromatic N) is 2. The molecule has 134 valence electrons. The van der Waals surface area contributed by atoms with E-state index in [9.17, 15) is 8.42 Å². The molecule has 0 radical (unpaired) electrons. The lowest BCUT2D eigenvalue weighted by atomic mass is 10.2. The minimum Gasteiger partial charge on any atom is -0.455 e. The Morgan fingerprint density at radius 1 is 1.25 bits per heavy atom. The molecule has 1 unspecified atom stereocenters. The highest BCUT2D eigenvalue weighted by Crippen LogP contribution is 2.22. The lowest BCUT2D eigenvalue weighted by Crippen LogP contribution is -2.40. The highest BCUT2D eigenvalue weighted by molar-refractivity contribution is 7.91. The van der Waals surface area contributed by atoms with Crippen molar-refractivity contribution in [2.24, 2.45) is 4.99 Å². The Morgan fingerprint density at radius 2 is 1.92 bits per heavy atom. The normalized spacial score (nSPS) is 18.5. The van der Waals surface area contributed by atoms with Gasteiger partial charge in [0, 0.05) is 32.2 Å². The molecule has 0 aromatic heterocycles. The summed E-state index contributed by atoms with van der Waals surface area (Å²) in [6.07, 6.45) is 3.95. The Labute approximate surface area is 144 Å². The molecule has 0 bridgehead atoms. The Hall–Kier alpha value is -1.76. The zero-order valence-corrected chi connectivity index (χ0v) is 15.2. The maximum absolute atomic E-state index is 11.5. The maximum atomic E-state index is 11.5. The van der Waals surface area contributed by atoms with E-state index >= 15 is 0 Å². The molecule has 0 amide bonds. The molecule has 1 aliphatic heterocycles. The van der Waals surface area contributed by atoms with Gasteiger partial charge in [-0.15, -0.1) is 0 Å². The van der Waals surface area contributed by atoms with E-state index in [2.05, 4.69) is 16.8 Å². The van der Waals surface area contributed by atoms with Crippen molar-refractivity contribution in [1.82, 2.24) is 0 Å². The van der Waals surface area contributed by atoms with E-state index in [1.54, 1.807) is 7.05 Å². The summed E-state index contributed by atoms with van der Waals surface area (Å²) in [5.74, 6) is 1.16. The number of rotatable bonds is 8. The van der Waals surface area contributed by atoms with Crippen LogP contribution >= 0.6 is 0 Å². The van der Waals surface area contributed by atoms with E-state index in [1.165, 1.54) is 6.40 Å². The predicted molar refractivity (Wildman–Crippen MR) is 96.8 cm³/mol. The van der Waals surface area contributed by atoms with Gasteiger partial charge in [-0.2, -0.15) is 0 Å². The van der Waals surface area contributed by atoms with Crippen LogP contribution in [0.1, 0.15) is 26.2 Å². The second-order valence-corrected chi connectivity index (χ2v) is 8.13. The van der Waals surface area contributed by atoms with Gasteiger partial charge in [0.25, 0.3) is 0 Å². The average Bonchev–Trinajstić information content (AvgIpc) is 2.58. The summed E-state index contributed by atoms with van der Waals surface area (Å²) in [6, 6.07) is 7.70. The van der Waals surface area contributed by atoms with Crippen LogP contribution in [0.15, 0.2) is 29.3 Å². The van der Waals surface area contributed by atoms with E-state index in [-0.39, 0.29) is 17.8 Å². The van der Waals surface area contributed by atoms with Crippen molar-refractivity contribution in [3.05, 3.63) is 24.3 Å². The fourth-order valence-corrected chi connectivity index (χ4v) is 3.71. The lowest BCUT2D eigenvalue weighted by molar-refractivity contribution is -0.00692. The van der Waals surface area contributed by atoms with Crippen LogP contribution in [0.4, 0.5) is 5.69 Å². The molecule has 1 aliphatic rings. The third-order valence-corrected chi connectivity index (χ3v) is 5.53. The van der Waals surface area contributed by atoms with E-state index < -0.39 is 9.84 Å². The molecule has 0 aliphatic carbocycles. The van der Waals surface area contributed by atoms with E-state index in [4.69, 9.17) is 9.47 Å². The van der Waals surface area contributed by atoms with Gasteiger partial charge in [0.15, 0.2) is 16.2 Å². The lowest BCUT2D eigenvalue weighted by Gasteiger charge is -2.29. The first-order valence-corrected chi connectivity index (χ1v) is 10.1. The monoisotopic (exact) mass is 354 g/mol. The van der Waals surface area contributed by atoms with Gasteiger partial charge in [-0.25, -0.2) is 8.42 Å². The molecular weight excluding hydrogens is 328 g/mol. The molecule has 1 aromatic carbocycles. The Kier molecular flexibility index (Phi) is 6.90. The van der Waals surface area contributed by atoms with Gasteiger partial charge in [-0.3, -0.25) is 4.99 Å². The first kappa shape index (κ1) is 18.6. The number of unbranched alkanes of at least 4 members (excludes halogenated alkanes) is 1. The SMILES string of the molecule is CCCCC(OC=NC)Oc1ccc(N2CCS(=O)(=O)CC2)cc1. The third kappa shape index (κ3) is 5.70. The topological polar surface area (TPSA) is 68.2 Å². The van der Waals surface area contributed by atoms with E-state index in [1.807, 2.05) is 24.3 Å². The van der Waals surface area contributed by atoms with Crippen molar-refractivity contribution in [3.63, 3.8) is 0 Å². The molecule has 0 spiro atoms. The molecule has 24 heavy (non-hydrogen) atoms. The summed E-state index contributed by atoms with van der Waals surface area (Å²) in [4.78, 5) is 5.91. The first-order valence-electron chi connectivity index (χ1n) is 8.32. The Bertz CT molecular complexity index is 614. The van der Waals surface area contributed by atoms with Crippen molar-refractivity contribution in [2.45, 2.75) is 32.5 Å². The zero-order valence-electron chi connectivity index (χ0n) is 14.3. The van der Waals surface area contributed by atoms with Crippen LogP contribution in [-0.4, -0.2) is 52.8 Å². The molecule has 6 nitrogen and oxygen atoms in total. The fraction of sp³-hybridized carbons (Fsp3) is 0.588. The van der Waals surface area contributed by atoms with Crippen molar-refractivity contribution in [1.29, 1.82) is 0 Å². The van der Waals surface area contributed by atoms with Crippen molar-refractivity contribution in [3.8, 4) is 5.75 Å². The summed E-state index contributed by atoms with van der Waals surface area (Å²) in [7, 11) is -1.20. The van der Waals surface area contributed by atoms with Crippen LogP contribution in [0.2, 0.25) is 0 Å². The average molecular weight is 354 g/mol. The van der Waals surface area contributed by atoms with Crippen LogP contribution < -0.4 is 9.64 Å². The molecule has 0 N–H and O–H groups in total. The Morgan fingerprint density at radius 3 is 2.50 bits per heavy atom. The van der Waals surface area contributed by atoms with Gasteiger partial charge in [0.05, 0.1) is 11.5 Å². The number of hydrogen-bond donors (Lipinski definition) is 0. The highest BCUT2D eigenvalue weighted by Gasteiger charge is 2.21. The van der Waals surface area contributed by atoms with Crippen LogP contribution in [-0.2, 0) is 14.6 Å². The minimum atomic E-state index is -2.86. The van der Waals surface area contributed by atoms with Crippen LogP contribution in [0.25, 0.3) is 0 Å². The summed E-state index contributed by atoms with van der Waals surface area (Å²) in [5.41, 5.74) is 1.01. The molecular formula is C17H26N2O4S. The number of hydrogen-bond acceptors (Lipinski definition) is 6. The van der Waals surface area contributed by atoms with Gasteiger partial charge in [0.1, 0.15) is 5.75 Å². The number of benzene rings is 1. The smallest absolute Gasteiger partial charge is 0.242 e. The van der Waals surface area contributed by atoms with Gasteiger partial charge >= 0.3 is 0 Å². The van der Waals surface area contributed by atoms with Crippen LogP contribution in [0.3, 0.4) is 0 Å². The summed E-state index contributed by atoms with van der Waals surface area (Å²) >= 11 is 0. The van der Waals surface area contributed by atoms with Gasteiger partial charge in [0.2, 0.25) is 6.29 Å². The first-order chi connectivity index (χ1) is 11.5. The van der Waals surface area contributed by atoms with Gasteiger partial charge < -0.3 is 14.4 Å². The number of aliphatic imine (C=N–C) groups is 1. The standard InChI is InChI=1S/C17H26N2O4S/c1-3-4-5-17(22-14-18-2)23-16-8-6-15(7-9-16)19-10-12-24(20,21)13-11-19/h6-9,14,17H,3-5,10-13H2,1-2H3. The minimum absolute atomic E-state index is 0.217. The van der Waals surface area contributed by atoms with Crippen molar-refractivity contribution < 1.29 is 17.9 Å². The van der Waals surface area contributed by atoms with Crippen molar-refractivity contribution >= 4 is 21.9 Å². The molecule has 0 saturated carbocycles. The predicted octanol–water partition coefficient (Wildman–Crippen LogP) is 2.49. The molecule has 1 aromatic rings. The van der Waals surface area contributed by atoms with Gasteiger partial charge in [-0.1, -0.05) is 13.3 Å². The number of anilines is 1. The summed E-state index contributed by atoms with van der Waals surface area (Å²) in [5, 5.41) is 0. The second-order valence-electron chi connectivity index (χ2n) is 5.82. The number of sulfone groups is 1. The fourth-order valence-electron chi connectivity index (χ4n) is 2.51. The number of ether oxygens (including phenoxy) is 2. The summed E-state index contributed by atoms with van der Waals surface area (Å²) in [6.45, 7) is 3.20. The molecule has 1 heterocycles. The van der Waals surface area contributed by atoms with E-state index in [0.29, 0.717) is 13.1 Å². The third-order valence-electron chi connectivity index (χ3n) is 3.93. The zero-order chi connectivity index (χ0) is 17.4. The molecule has 7 heteroatoms.